The standard InChI is InChI=1S/C23H34F2O.C23H22F2.C22H34.C17H24F2O.C17H32/c1-3-5-16-6-8-17(9-7-16)18-10-12-19(13-11-18)20-14-15-21(26-4-2)23(25)22(20)24;1-3-5-17-8-12-19(13-9-17)21-15-14-20(22(24)23(21)25)18-10-6-16(4-2)7-11-18;1-3-4-18-7-11-20(12-8-18)22-15-13-21(14-16-22)19-9-5-17(2)6-10-19;1-3-5-12-6-8-13(9-7-12)14-10-11-15(20-4-2)17(19)16(14)18;1-3-5-15-8-12-17(13-9-15)16-10-6-14(4-2)7-11-16/h14-19H,3-13H2,1-2H3;6-15H,3-5H2,1-2H3;5-6,9-10,18,20-22H,3-4,7-8,11-16H2,1-2H3;10-13H,3-9H2,1-2H3;14-17H,3-13H2,1-2H3. The van der Waals surface area contributed by atoms with E-state index in [0.29, 0.717) is 46.6 Å². The first-order valence-electron chi connectivity index (χ1n) is 45.5. The lowest BCUT2D eigenvalue weighted by Crippen LogP contribution is -2.25. The molecule has 2 nitrogen and oxygen atoms in total. The first-order valence-corrected chi connectivity index (χ1v) is 45.5. The van der Waals surface area contributed by atoms with Crippen molar-refractivity contribution >= 4 is 0 Å². The van der Waals surface area contributed by atoms with E-state index >= 15 is 0 Å². The van der Waals surface area contributed by atoms with Gasteiger partial charge in [0.1, 0.15) is 0 Å². The molecule has 7 saturated carbocycles. The first-order chi connectivity index (χ1) is 53.5. The van der Waals surface area contributed by atoms with Crippen molar-refractivity contribution in [3.05, 3.63) is 177 Å². The van der Waals surface area contributed by atoms with Crippen LogP contribution in [0.2, 0.25) is 0 Å². The third-order valence-corrected chi connectivity index (χ3v) is 28.1. The summed E-state index contributed by atoms with van der Waals surface area (Å²) in [6.07, 6.45) is 53.8. The van der Waals surface area contributed by atoms with Crippen LogP contribution in [0.1, 0.15) is 357 Å². The van der Waals surface area contributed by atoms with Gasteiger partial charge in [-0.1, -0.05) is 267 Å². The van der Waals surface area contributed by atoms with Gasteiger partial charge < -0.3 is 9.47 Å². The number of hydrogen-bond donors (Lipinski definition) is 0. The van der Waals surface area contributed by atoms with Gasteiger partial charge in [-0.3, -0.25) is 0 Å². The maximum Gasteiger partial charge on any atom is 0.200 e. The normalized spacial score (nSPS) is 26.2. The third kappa shape index (κ3) is 25.8. The molecule has 0 aromatic heterocycles. The van der Waals surface area contributed by atoms with E-state index in [9.17, 15) is 26.3 Å². The van der Waals surface area contributed by atoms with Gasteiger partial charge in [-0.05, 0) is 296 Å². The second-order valence-electron chi connectivity index (χ2n) is 35.3. The third-order valence-electron chi connectivity index (χ3n) is 28.1. The number of ether oxygens (including phenoxy) is 2. The van der Waals surface area contributed by atoms with Crippen LogP contribution in [-0.4, -0.2) is 13.2 Å². The van der Waals surface area contributed by atoms with Gasteiger partial charge in [-0.25, -0.2) is 17.6 Å². The summed E-state index contributed by atoms with van der Waals surface area (Å²) in [5.41, 5.74) is 8.44. The second-order valence-corrected chi connectivity index (χ2v) is 35.3. The van der Waals surface area contributed by atoms with Gasteiger partial charge >= 0.3 is 0 Å². The Bertz CT molecular complexity index is 3530. The fourth-order valence-electron chi connectivity index (χ4n) is 21.3. The maximum atomic E-state index is 14.7. The summed E-state index contributed by atoms with van der Waals surface area (Å²) in [6, 6.07) is 34.5. The van der Waals surface area contributed by atoms with Crippen LogP contribution in [0.3, 0.4) is 0 Å². The number of halogens is 6. The molecule has 0 atom stereocenters. The highest BCUT2D eigenvalue weighted by Gasteiger charge is 2.36. The van der Waals surface area contributed by atoms with Crippen LogP contribution in [0, 0.1) is 107 Å². The lowest BCUT2D eigenvalue weighted by atomic mass is 9.68. The molecule has 7 fully saturated rings. The zero-order valence-corrected chi connectivity index (χ0v) is 70.3. The molecule has 0 unspecified atom stereocenters. The summed E-state index contributed by atoms with van der Waals surface area (Å²) >= 11 is 0. The van der Waals surface area contributed by atoms with Gasteiger partial charge in [-0.15, -0.1) is 0 Å². The van der Waals surface area contributed by atoms with Crippen molar-refractivity contribution in [1.82, 2.24) is 0 Å². The zero-order valence-electron chi connectivity index (χ0n) is 70.3. The van der Waals surface area contributed by atoms with Crippen LogP contribution in [0.15, 0.2) is 109 Å². The molecule has 7 aliphatic carbocycles. The van der Waals surface area contributed by atoms with E-state index in [-0.39, 0.29) is 23.3 Å². The Morgan fingerprint density at radius 1 is 0.282 bits per heavy atom. The van der Waals surface area contributed by atoms with Crippen LogP contribution in [0.25, 0.3) is 22.3 Å². The van der Waals surface area contributed by atoms with Crippen LogP contribution in [0.4, 0.5) is 26.3 Å². The largest absolute Gasteiger partial charge is 0.491 e. The minimum Gasteiger partial charge on any atom is -0.491 e. The molecule has 0 N–H and O–H groups in total. The van der Waals surface area contributed by atoms with Crippen LogP contribution in [-0.2, 0) is 12.8 Å². The Balaban J connectivity index is 0.000000159. The van der Waals surface area contributed by atoms with Crippen molar-refractivity contribution < 1.29 is 35.8 Å². The van der Waals surface area contributed by atoms with E-state index in [1.165, 1.54) is 177 Å². The maximum absolute atomic E-state index is 14.7. The SMILES string of the molecule is CCCC1CCC(C2CCC(CC)CC2)CC1.CCCC1CCC(C2CCC(c3ccc(C)cc3)CC2)CC1.CCCC1CCC(C2CCC(c3ccc(OCC)c(F)c3F)CC2)CC1.CCCC1CCC(c2ccc(OCC)c(F)c2F)CC1.CCCc1ccc(-c2ccc(-c3ccc(CC)cc3)c(F)c2F)cc1. The topological polar surface area (TPSA) is 18.5 Å². The summed E-state index contributed by atoms with van der Waals surface area (Å²) in [6.45, 7) is 22.2. The average molecular weight is 1520 g/mol. The first kappa shape index (κ1) is 88.4. The number of hydrogen-bond acceptors (Lipinski definition) is 2. The monoisotopic (exact) mass is 1520 g/mol. The highest BCUT2D eigenvalue weighted by Crippen LogP contribution is 2.49. The summed E-state index contributed by atoms with van der Waals surface area (Å²) in [5.74, 6) is 7.51. The molecule has 0 bridgehead atoms. The average Bonchev–Trinajstić information content (AvgIpc) is 0.790. The molecule has 13 rings (SSSR count). The fraction of sp³-hybridized carbons (Fsp3) is 0.647. The minimum atomic E-state index is -0.833. The van der Waals surface area contributed by atoms with Crippen molar-refractivity contribution in [3.8, 4) is 33.8 Å². The molecule has 6 aromatic carbocycles. The van der Waals surface area contributed by atoms with Gasteiger partial charge in [-0.2, -0.15) is 8.78 Å². The van der Waals surface area contributed by atoms with Gasteiger partial charge in [0, 0.05) is 11.1 Å². The van der Waals surface area contributed by atoms with Crippen molar-refractivity contribution in [2.75, 3.05) is 13.2 Å². The number of rotatable bonds is 24. The molecular weight excluding hydrogens is 1370 g/mol. The van der Waals surface area contributed by atoms with E-state index in [1.807, 2.05) is 48.5 Å². The second kappa shape index (κ2) is 46.8. The molecule has 0 spiro atoms. The summed E-state index contributed by atoms with van der Waals surface area (Å²) < 4.78 is 96.3. The number of aryl methyl sites for hydroxylation is 3. The van der Waals surface area contributed by atoms with Crippen LogP contribution < -0.4 is 9.47 Å². The highest BCUT2D eigenvalue weighted by molar-refractivity contribution is 5.72. The summed E-state index contributed by atoms with van der Waals surface area (Å²) in [7, 11) is 0. The quantitative estimate of drug-likeness (QED) is 0.0562. The minimum absolute atomic E-state index is 0.0217. The lowest BCUT2D eigenvalue weighted by molar-refractivity contribution is 0.142. The molecule has 110 heavy (non-hydrogen) atoms. The van der Waals surface area contributed by atoms with Gasteiger partial charge in [0.05, 0.1) is 13.2 Å². The molecule has 8 heteroatoms. The Hall–Kier alpha value is -5.50. The van der Waals surface area contributed by atoms with Crippen LogP contribution >= 0.6 is 0 Å². The van der Waals surface area contributed by atoms with Gasteiger partial charge in [0.25, 0.3) is 0 Å². The molecule has 7 aliphatic rings. The fourth-order valence-corrected chi connectivity index (χ4v) is 21.3. The van der Waals surface area contributed by atoms with Crippen molar-refractivity contribution in [1.29, 1.82) is 0 Å². The van der Waals surface area contributed by atoms with Crippen LogP contribution in [0.5, 0.6) is 11.5 Å². The molecule has 0 saturated heterocycles. The molecule has 0 aliphatic heterocycles. The molecule has 0 heterocycles. The Morgan fingerprint density at radius 3 is 0.909 bits per heavy atom. The molecule has 6 aromatic rings. The van der Waals surface area contributed by atoms with E-state index in [0.717, 1.165) is 129 Å². The van der Waals surface area contributed by atoms with E-state index < -0.39 is 34.9 Å². The molecule has 0 amide bonds. The van der Waals surface area contributed by atoms with E-state index in [1.54, 1.807) is 94.3 Å². The van der Waals surface area contributed by atoms with E-state index in [4.69, 9.17) is 9.47 Å². The molecule has 0 radical (unpaired) electrons. The predicted molar refractivity (Wildman–Crippen MR) is 453 cm³/mol. The lowest BCUT2D eigenvalue weighted by Gasteiger charge is -2.38. The predicted octanol–water partition coefficient (Wildman–Crippen LogP) is 32.2. The van der Waals surface area contributed by atoms with Crippen molar-refractivity contribution in [2.24, 2.45) is 65.1 Å². The highest BCUT2D eigenvalue weighted by atomic mass is 19.2. The van der Waals surface area contributed by atoms with Crippen molar-refractivity contribution in [3.63, 3.8) is 0 Å². The Kier molecular flexibility index (Phi) is 37.6. The van der Waals surface area contributed by atoms with E-state index in [2.05, 4.69) is 79.7 Å². The number of benzene rings is 6. The summed E-state index contributed by atoms with van der Waals surface area (Å²) in [5, 5.41) is 0. The Morgan fingerprint density at radius 2 is 0.591 bits per heavy atom. The van der Waals surface area contributed by atoms with Gasteiger partial charge in [0.2, 0.25) is 11.6 Å². The van der Waals surface area contributed by atoms with Crippen molar-refractivity contribution in [2.45, 2.75) is 344 Å². The van der Waals surface area contributed by atoms with Gasteiger partial charge in [0.15, 0.2) is 34.8 Å². The molecular formula is C102H146F6O2. The Labute approximate surface area is 665 Å². The smallest absolute Gasteiger partial charge is 0.200 e. The zero-order chi connectivity index (χ0) is 78.3. The molecule has 608 valence electrons. The summed E-state index contributed by atoms with van der Waals surface area (Å²) in [4.78, 5) is 0.